The lowest BCUT2D eigenvalue weighted by Gasteiger charge is -1.83. The lowest BCUT2D eigenvalue weighted by molar-refractivity contribution is 1.07. The maximum Gasteiger partial charge on any atom is 0.144 e. The number of rotatable bonds is 0. The highest BCUT2D eigenvalue weighted by molar-refractivity contribution is 8.11. The van der Waals surface area contributed by atoms with E-state index < -0.39 is 0 Å². The van der Waals surface area contributed by atoms with E-state index in [9.17, 15) is 0 Å². The largest absolute Gasteiger partial charge is 0.344 e. The highest BCUT2D eigenvalue weighted by atomic mass is 32.1. The number of nitrogens with one attached hydrogen (secondary N) is 1. The molecule has 0 heterocycles. The normalized spacial score (nSPS) is 5.67. The summed E-state index contributed by atoms with van der Waals surface area (Å²) in [5, 5.41) is 0. The fourth-order valence-corrected chi connectivity index (χ4v) is 0. The Morgan fingerprint density at radius 2 is 2.00 bits per heavy atom. The summed E-state index contributed by atoms with van der Waals surface area (Å²) in [5.41, 5.74) is 2.12. The Morgan fingerprint density at radius 3 is 2.00 bits per heavy atom. The number of hydrogen-bond acceptors (Lipinski definition) is 3. The van der Waals surface area contributed by atoms with E-state index in [4.69, 9.17) is 5.84 Å². The van der Waals surface area contributed by atoms with Gasteiger partial charge in [0.25, 0.3) is 0 Å². The summed E-state index contributed by atoms with van der Waals surface area (Å²) in [4.78, 5) is 0. The maximum atomic E-state index is 4.70. The highest BCUT2D eigenvalue weighted by Crippen LogP contribution is 1.68. The van der Waals surface area contributed by atoms with E-state index in [2.05, 4.69) is 30.3 Å². The van der Waals surface area contributed by atoms with Crippen molar-refractivity contribution in [1.29, 1.82) is 0 Å². The van der Waals surface area contributed by atoms with Crippen LogP contribution in [0.3, 0.4) is 0 Å². The lowest BCUT2D eigenvalue weighted by atomic mass is 11.5. The van der Waals surface area contributed by atoms with E-state index >= 15 is 0 Å². The Bertz CT molecular complexity index is 44.1. The van der Waals surface area contributed by atoms with Crippen LogP contribution in [0.5, 0.6) is 0 Å². The number of hydrazine groups is 1. The highest BCUT2D eigenvalue weighted by Gasteiger charge is 1.68. The van der Waals surface area contributed by atoms with Gasteiger partial charge in [-0.3, -0.25) is 0 Å². The van der Waals surface area contributed by atoms with E-state index in [0.29, 0.717) is 4.32 Å². The molecule has 0 unspecified atom stereocenters. The van der Waals surface area contributed by atoms with Crippen molar-refractivity contribution in [3.05, 3.63) is 0 Å². The van der Waals surface area contributed by atoms with Crippen molar-refractivity contribution in [3.8, 4) is 0 Å². The number of hydrogen-bond donors (Lipinski definition) is 4. The molecule has 0 aromatic carbocycles. The minimum absolute atomic E-state index is 0. The topological polar surface area (TPSA) is 73.0 Å². The third kappa shape index (κ3) is 8.90. The molecule has 38 valence electrons. The smallest absolute Gasteiger partial charge is 0.144 e. The first-order valence-corrected chi connectivity index (χ1v) is 1.82. The number of thiocarbonyl (C=S) groups is 1. The van der Waals surface area contributed by atoms with Crippen LogP contribution in [-0.2, 0) is 0 Å². The minimum Gasteiger partial charge on any atom is -0.344 e. The van der Waals surface area contributed by atoms with Crippen LogP contribution in [0.1, 0.15) is 0 Å². The second-order valence-corrected chi connectivity index (χ2v) is 1.61. The molecule has 0 amide bonds. The molecule has 0 saturated heterocycles. The molecule has 0 fully saturated rings. The van der Waals surface area contributed by atoms with Gasteiger partial charge < -0.3 is 11.6 Å². The predicted octanol–water partition coefficient (Wildman–Crippen LogP) is -0.174. The molecule has 0 aliphatic rings. The van der Waals surface area contributed by atoms with E-state index in [1.807, 2.05) is 0 Å². The van der Waals surface area contributed by atoms with Gasteiger partial charge in [0.05, 0.1) is 0 Å². The standard InChI is InChI=1S/CH4N2S2.H3N/c2-3-1(4)5;/h2H2,(H2,3,4,5);1H3. The molecular weight excluding hydrogens is 118 g/mol. The first-order valence-electron chi connectivity index (χ1n) is 0.966. The fourth-order valence-electron chi connectivity index (χ4n) is 0. The summed E-state index contributed by atoms with van der Waals surface area (Å²) in [6.45, 7) is 0. The number of nitrogens with two attached hydrogens (primary N) is 1. The van der Waals surface area contributed by atoms with Crippen LogP contribution in [0.2, 0.25) is 0 Å². The van der Waals surface area contributed by atoms with Gasteiger partial charge in [0.15, 0.2) is 0 Å². The average Bonchev–Trinajstić information content (AvgIpc) is 1.38. The van der Waals surface area contributed by atoms with Gasteiger partial charge in [-0.15, -0.1) is 12.6 Å². The van der Waals surface area contributed by atoms with Gasteiger partial charge in [-0.05, 0) is 0 Å². The van der Waals surface area contributed by atoms with Crippen LogP contribution < -0.4 is 17.4 Å². The first kappa shape index (κ1) is 9.48. The zero-order valence-corrected chi connectivity index (χ0v) is 4.85. The van der Waals surface area contributed by atoms with Gasteiger partial charge in [0.2, 0.25) is 0 Å². The summed E-state index contributed by atoms with van der Waals surface area (Å²) in [5.74, 6) is 4.70. The van der Waals surface area contributed by atoms with Gasteiger partial charge in [0.1, 0.15) is 4.32 Å². The van der Waals surface area contributed by atoms with Crippen LogP contribution in [0.25, 0.3) is 0 Å². The Balaban J connectivity index is 0. The Kier molecular flexibility index (Phi) is 8.15. The van der Waals surface area contributed by atoms with Crippen molar-refractivity contribution in [2.75, 3.05) is 0 Å². The second kappa shape index (κ2) is 5.16. The molecule has 5 heteroatoms. The van der Waals surface area contributed by atoms with Crippen molar-refractivity contribution < 1.29 is 0 Å². The lowest BCUT2D eigenvalue weighted by Crippen LogP contribution is -2.23. The molecule has 0 radical (unpaired) electrons. The molecular formula is CH7N3S2. The molecule has 0 aromatic heterocycles. The Labute approximate surface area is 47.2 Å². The van der Waals surface area contributed by atoms with Crippen LogP contribution in [0.4, 0.5) is 0 Å². The molecule has 6 heavy (non-hydrogen) atoms. The van der Waals surface area contributed by atoms with Crippen molar-refractivity contribution in [1.82, 2.24) is 11.6 Å². The molecule has 0 saturated carbocycles. The van der Waals surface area contributed by atoms with Crippen LogP contribution >= 0.6 is 24.8 Å². The predicted molar refractivity (Wildman–Crippen MR) is 33.9 cm³/mol. The molecule has 0 atom stereocenters. The maximum absolute atomic E-state index is 4.70. The SMILES string of the molecule is N.NNC(=S)S. The van der Waals surface area contributed by atoms with Crippen LogP contribution in [-0.4, -0.2) is 4.32 Å². The van der Waals surface area contributed by atoms with E-state index in [-0.39, 0.29) is 6.15 Å². The molecule has 0 aromatic rings. The van der Waals surface area contributed by atoms with E-state index in [0.717, 1.165) is 0 Å². The summed E-state index contributed by atoms with van der Waals surface area (Å²) in [7, 11) is 0. The Morgan fingerprint density at radius 1 is 1.83 bits per heavy atom. The molecule has 0 rings (SSSR count). The van der Waals surface area contributed by atoms with Crippen molar-refractivity contribution in [2.45, 2.75) is 0 Å². The zero-order chi connectivity index (χ0) is 4.28. The quantitative estimate of drug-likeness (QED) is 0.157. The molecule has 0 aliphatic carbocycles. The second-order valence-electron chi connectivity index (χ2n) is 0.449. The minimum atomic E-state index is 0. The van der Waals surface area contributed by atoms with Gasteiger partial charge in [0, 0.05) is 0 Å². The van der Waals surface area contributed by atoms with Crippen molar-refractivity contribution in [2.24, 2.45) is 5.84 Å². The fraction of sp³-hybridized carbons (Fsp3) is 0. The van der Waals surface area contributed by atoms with Crippen molar-refractivity contribution in [3.63, 3.8) is 0 Å². The van der Waals surface area contributed by atoms with Crippen LogP contribution in [0.15, 0.2) is 0 Å². The van der Waals surface area contributed by atoms with Crippen LogP contribution in [0, 0.1) is 0 Å². The average molecular weight is 125 g/mol. The summed E-state index contributed by atoms with van der Waals surface area (Å²) in [6.07, 6.45) is 0. The first-order chi connectivity index (χ1) is 2.27. The summed E-state index contributed by atoms with van der Waals surface area (Å²) >= 11 is 7.92. The summed E-state index contributed by atoms with van der Waals surface area (Å²) in [6, 6.07) is 0. The third-order valence-corrected chi connectivity index (χ3v) is 0.370. The van der Waals surface area contributed by atoms with Gasteiger partial charge >= 0.3 is 0 Å². The number of thiol groups is 1. The molecule has 0 bridgehead atoms. The monoisotopic (exact) mass is 125 g/mol. The molecule has 0 spiro atoms. The Hall–Kier alpha value is 0.160. The van der Waals surface area contributed by atoms with Gasteiger partial charge in [-0.25, -0.2) is 5.84 Å². The molecule has 0 aliphatic heterocycles. The summed E-state index contributed by atoms with van der Waals surface area (Å²) < 4.78 is 0.310. The van der Waals surface area contributed by atoms with Crippen molar-refractivity contribution >= 4 is 29.2 Å². The van der Waals surface area contributed by atoms with Gasteiger partial charge in [-0.1, -0.05) is 12.2 Å². The zero-order valence-electron chi connectivity index (χ0n) is 3.14. The van der Waals surface area contributed by atoms with E-state index in [1.165, 1.54) is 0 Å². The third-order valence-electron chi connectivity index (χ3n) is 0.123. The molecule has 6 N–H and O–H groups in total. The molecule has 3 nitrogen and oxygen atoms in total. The van der Waals surface area contributed by atoms with Gasteiger partial charge in [-0.2, -0.15) is 0 Å². The van der Waals surface area contributed by atoms with E-state index in [1.54, 1.807) is 0 Å².